The number of carbonyl (C=O) groups is 1. The maximum absolute atomic E-state index is 12.5. The number of aryl methyl sites for hydroxylation is 1. The van der Waals surface area contributed by atoms with Crippen LogP contribution in [0.1, 0.15) is 47.4 Å². The van der Waals surface area contributed by atoms with E-state index in [4.69, 9.17) is 4.74 Å². The number of carbonyl (C=O) groups excluding carboxylic acids is 1. The molecule has 3 rings (SSSR count). The van der Waals surface area contributed by atoms with Crippen molar-refractivity contribution >= 4 is 5.91 Å². The minimum Gasteiger partial charge on any atom is -0.496 e. The summed E-state index contributed by atoms with van der Waals surface area (Å²) in [6.07, 6.45) is 3.09. The number of hydrogen-bond acceptors (Lipinski definition) is 3. The zero-order valence-electron chi connectivity index (χ0n) is 13.9. The van der Waals surface area contributed by atoms with Gasteiger partial charge in [0.25, 0.3) is 5.91 Å². The van der Waals surface area contributed by atoms with Gasteiger partial charge in [0.2, 0.25) is 0 Å². The second-order valence-electron chi connectivity index (χ2n) is 6.24. The summed E-state index contributed by atoms with van der Waals surface area (Å²) in [6, 6.07) is 9.82. The van der Waals surface area contributed by atoms with Crippen LogP contribution in [0.3, 0.4) is 0 Å². The van der Waals surface area contributed by atoms with Gasteiger partial charge in [-0.2, -0.15) is 5.10 Å². The van der Waals surface area contributed by atoms with Crippen LogP contribution in [0.2, 0.25) is 0 Å². The van der Waals surface area contributed by atoms with Crippen LogP contribution < -0.4 is 10.1 Å². The highest BCUT2D eigenvalue weighted by Crippen LogP contribution is 2.39. The topological polar surface area (TPSA) is 56.1 Å². The summed E-state index contributed by atoms with van der Waals surface area (Å²) in [5, 5.41) is 7.50. The van der Waals surface area contributed by atoms with Gasteiger partial charge in [-0.3, -0.25) is 9.48 Å². The van der Waals surface area contributed by atoms with Gasteiger partial charge in [-0.15, -0.1) is 0 Å². The predicted octanol–water partition coefficient (Wildman–Crippen LogP) is 2.67. The van der Waals surface area contributed by atoms with Gasteiger partial charge in [-0.1, -0.05) is 18.2 Å². The molecule has 1 aromatic heterocycles. The van der Waals surface area contributed by atoms with Crippen LogP contribution in [0.15, 0.2) is 30.3 Å². The molecule has 23 heavy (non-hydrogen) atoms. The number of nitrogens with zero attached hydrogens (tertiary/aromatic N) is 2. The normalized spacial score (nSPS) is 15.3. The molecule has 1 fully saturated rings. The Labute approximate surface area is 136 Å². The van der Waals surface area contributed by atoms with Gasteiger partial charge in [0, 0.05) is 19.0 Å². The number of benzene rings is 1. The Hall–Kier alpha value is -2.30. The highest BCUT2D eigenvalue weighted by atomic mass is 16.5. The van der Waals surface area contributed by atoms with E-state index >= 15 is 0 Å². The standard InChI is InChI=1S/C18H23N3O2/c1-12(10-14-6-4-5-7-17(14)23-3)19-18(22)16-11-15(13-8-9-13)20-21(16)2/h4-7,11-13H,8-10H2,1-3H3,(H,19,22). The molecule has 1 aliphatic rings. The van der Waals surface area contributed by atoms with E-state index in [1.54, 1.807) is 11.8 Å². The maximum Gasteiger partial charge on any atom is 0.269 e. The van der Waals surface area contributed by atoms with Crippen LogP contribution >= 0.6 is 0 Å². The van der Waals surface area contributed by atoms with E-state index in [2.05, 4.69) is 10.4 Å². The van der Waals surface area contributed by atoms with Gasteiger partial charge < -0.3 is 10.1 Å². The summed E-state index contributed by atoms with van der Waals surface area (Å²) < 4.78 is 7.04. The first-order valence-corrected chi connectivity index (χ1v) is 8.05. The van der Waals surface area contributed by atoms with E-state index in [0.29, 0.717) is 11.6 Å². The van der Waals surface area contributed by atoms with Crippen molar-refractivity contribution in [2.45, 2.75) is 38.1 Å². The first kappa shape index (κ1) is 15.6. The number of para-hydroxylation sites is 1. The second kappa shape index (κ2) is 6.44. The predicted molar refractivity (Wildman–Crippen MR) is 88.8 cm³/mol. The van der Waals surface area contributed by atoms with Crippen molar-refractivity contribution in [3.63, 3.8) is 0 Å². The molecule has 1 heterocycles. The Kier molecular flexibility index (Phi) is 4.37. The van der Waals surface area contributed by atoms with Gasteiger partial charge in [0.15, 0.2) is 0 Å². The molecular formula is C18H23N3O2. The molecule has 1 N–H and O–H groups in total. The monoisotopic (exact) mass is 313 g/mol. The molecule has 1 atom stereocenters. The lowest BCUT2D eigenvalue weighted by molar-refractivity contribution is 0.0930. The number of hydrogen-bond donors (Lipinski definition) is 1. The number of nitrogens with one attached hydrogen (secondary N) is 1. The van der Waals surface area contributed by atoms with Crippen molar-refractivity contribution < 1.29 is 9.53 Å². The van der Waals surface area contributed by atoms with E-state index in [-0.39, 0.29) is 11.9 Å². The van der Waals surface area contributed by atoms with Crippen LogP contribution in [0, 0.1) is 0 Å². The largest absolute Gasteiger partial charge is 0.496 e. The van der Waals surface area contributed by atoms with E-state index in [9.17, 15) is 4.79 Å². The molecule has 1 amide bonds. The Balaban J connectivity index is 1.65. The molecule has 0 saturated heterocycles. The second-order valence-corrected chi connectivity index (χ2v) is 6.24. The van der Waals surface area contributed by atoms with Crippen molar-refractivity contribution in [1.82, 2.24) is 15.1 Å². The number of aromatic nitrogens is 2. The van der Waals surface area contributed by atoms with Crippen molar-refractivity contribution in [3.8, 4) is 5.75 Å². The highest BCUT2D eigenvalue weighted by Gasteiger charge is 2.28. The molecule has 0 spiro atoms. The first-order valence-electron chi connectivity index (χ1n) is 8.05. The SMILES string of the molecule is COc1ccccc1CC(C)NC(=O)c1cc(C2CC2)nn1C. The molecule has 0 radical (unpaired) electrons. The summed E-state index contributed by atoms with van der Waals surface area (Å²) in [5.74, 6) is 1.33. The molecule has 1 aromatic carbocycles. The lowest BCUT2D eigenvalue weighted by atomic mass is 10.1. The van der Waals surface area contributed by atoms with E-state index in [0.717, 1.165) is 23.4 Å². The van der Waals surface area contributed by atoms with Gasteiger partial charge in [-0.05, 0) is 43.9 Å². The summed E-state index contributed by atoms with van der Waals surface area (Å²) in [4.78, 5) is 12.5. The van der Waals surface area contributed by atoms with Crippen molar-refractivity contribution in [2.24, 2.45) is 7.05 Å². The average Bonchev–Trinajstić information content (AvgIpc) is 3.30. The molecular weight excluding hydrogens is 290 g/mol. The molecule has 1 aliphatic carbocycles. The smallest absolute Gasteiger partial charge is 0.269 e. The Bertz CT molecular complexity index is 704. The third-order valence-electron chi connectivity index (χ3n) is 4.22. The summed E-state index contributed by atoms with van der Waals surface area (Å²) >= 11 is 0. The van der Waals surface area contributed by atoms with Crippen LogP contribution in [0.5, 0.6) is 5.75 Å². The fourth-order valence-electron chi connectivity index (χ4n) is 2.83. The lowest BCUT2D eigenvalue weighted by Gasteiger charge is -2.15. The molecule has 2 aromatic rings. The third-order valence-corrected chi connectivity index (χ3v) is 4.22. The van der Waals surface area contributed by atoms with E-state index in [1.807, 2.05) is 44.3 Å². The Morgan fingerprint density at radius 3 is 2.87 bits per heavy atom. The molecule has 5 heteroatoms. The maximum atomic E-state index is 12.5. The van der Waals surface area contributed by atoms with Crippen LogP contribution in [0.25, 0.3) is 0 Å². The van der Waals surface area contributed by atoms with Gasteiger partial charge in [0.05, 0.1) is 12.8 Å². The molecule has 0 aliphatic heterocycles. The summed E-state index contributed by atoms with van der Waals surface area (Å²) in [7, 11) is 3.49. The fraction of sp³-hybridized carbons (Fsp3) is 0.444. The molecule has 0 bridgehead atoms. The molecule has 5 nitrogen and oxygen atoms in total. The molecule has 1 saturated carbocycles. The van der Waals surface area contributed by atoms with Gasteiger partial charge in [-0.25, -0.2) is 0 Å². The first-order chi connectivity index (χ1) is 11.1. The van der Waals surface area contributed by atoms with Crippen LogP contribution in [-0.4, -0.2) is 28.8 Å². The zero-order chi connectivity index (χ0) is 16.4. The zero-order valence-corrected chi connectivity index (χ0v) is 13.9. The molecule has 122 valence electrons. The fourth-order valence-corrected chi connectivity index (χ4v) is 2.83. The highest BCUT2D eigenvalue weighted by molar-refractivity contribution is 5.92. The van der Waals surface area contributed by atoms with Crippen LogP contribution in [0.4, 0.5) is 0 Å². The minimum atomic E-state index is -0.0747. The molecule has 1 unspecified atom stereocenters. The van der Waals surface area contributed by atoms with E-state index < -0.39 is 0 Å². The summed E-state index contributed by atoms with van der Waals surface area (Å²) in [6.45, 7) is 2.00. The van der Waals surface area contributed by atoms with Crippen molar-refractivity contribution in [2.75, 3.05) is 7.11 Å². The number of rotatable bonds is 6. The van der Waals surface area contributed by atoms with Gasteiger partial charge >= 0.3 is 0 Å². The third kappa shape index (κ3) is 3.55. The Morgan fingerprint density at radius 2 is 2.17 bits per heavy atom. The average molecular weight is 313 g/mol. The van der Waals surface area contributed by atoms with Crippen molar-refractivity contribution in [3.05, 3.63) is 47.3 Å². The lowest BCUT2D eigenvalue weighted by Crippen LogP contribution is -2.35. The minimum absolute atomic E-state index is 0.0121. The van der Waals surface area contributed by atoms with Crippen LogP contribution in [-0.2, 0) is 13.5 Å². The van der Waals surface area contributed by atoms with Crippen molar-refractivity contribution in [1.29, 1.82) is 0 Å². The number of methoxy groups -OCH3 is 1. The van der Waals surface area contributed by atoms with E-state index in [1.165, 1.54) is 12.8 Å². The Morgan fingerprint density at radius 1 is 1.43 bits per heavy atom. The summed E-state index contributed by atoms with van der Waals surface area (Å²) in [5.41, 5.74) is 2.75. The number of amides is 1. The quantitative estimate of drug-likeness (QED) is 0.892. The number of ether oxygens (including phenoxy) is 1. The van der Waals surface area contributed by atoms with Gasteiger partial charge in [0.1, 0.15) is 11.4 Å².